The van der Waals surface area contributed by atoms with Gasteiger partial charge in [0.15, 0.2) is 0 Å². The standard InChI is InChI=1S/C10H13NO4/c1-2-7(6-12)10(14)3-4-15-9(13)8(10)5-11/h2,5-7,14H,1,3-4,11H2/b8-5-. The smallest absolute Gasteiger partial charge is 0.338 e. The fourth-order valence-electron chi connectivity index (χ4n) is 1.61. The van der Waals surface area contributed by atoms with Gasteiger partial charge < -0.3 is 20.4 Å². The van der Waals surface area contributed by atoms with Gasteiger partial charge in [-0.3, -0.25) is 0 Å². The highest BCUT2D eigenvalue weighted by molar-refractivity contribution is 5.92. The van der Waals surface area contributed by atoms with Crippen LogP contribution in [0.4, 0.5) is 0 Å². The van der Waals surface area contributed by atoms with Crippen LogP contribution in [0, 0.1) is 5.92 Å². The molecular weight excluding hydrogens is 198 g/mol. The van der Waals surface area contributed by atoms with Crippen molar-refractivity contribution in [1.82, 2.24) is 0 Å². The monoisotopic (exact) mass is 211 g/mol. The van der Waals surface area contributed by atoms with Crippen LogP contribution >= 0.6 is 0 Å². The maximum atomic E-state index is 11.3. The van der Waals surface area contributed by atoms with Gasteiger partial charge in [0.05, 0.1) is 18.1 Å². The predicted octanol–water partition coefficient (Wildman–Crippen LogP) is -0.492. The summed E-state index contributed by atoms with van der Waals surface area (Å²) >= 11 is 0. The minimum Gasteiger partial charge on any atom is -0.462 e. The number of carbonyl (C=O) groups excluding carboxylic acids is 2. The van der Waals surface area contributed by atoms with Crippen LogP contribution in [0.3, 0.4) is 0 Å². The number of esters is 1. The average molecular weight is 211 g/mol. The Balaban J connectivity index is 3.12. The quantitative estimate of drug-likeness (QED) is 0.284. The molecule has 0 aromatic carbocycles. The zero-order chi connectivity index (χ0) is 11.5. The summed E-state index contributed by atoms with van der Waals surface area (Å²) in [5.74, 6) is -1.56. The lowest BCUT2D eigenvalue weighted by Crippen LogP contribution is -2.47. The van der Waals surface area contributed by atoms with E-state index in [4.69, 9.17) is 10.5 Å². The van der Waals surface area contributed by atoms with Gasteiger partial charge in [-0.05, 0) is 0 Å². The molecule has 2 unspecified atom stereocenters. The number of aldehydes is 1. The highest BCUT2D eigenvalue weighted by Gasteiger charge is 2.45. The fourth-order valence-corrected chi connectivity index (χ4v) is 1.61. The Kier molecular flexibility index (Phi) is 3.26. The number of hydrogen-bond acceptors (Lipinski definition) is 5. The van der Waals surface area contributed by atoms with Crippen molar-refractivity contribution in [3.63, 3.8) is 0 Å². The van der Waals surface area contributed by atoms with Gasteiger partial charge in [-0.1, -0.05) is 6.08 Å². The van der Waals surface area contributed by atoms with Crippen molar-refractivity contribution >= 4 is 12.3 Å². The van der Waals surface area contributed by atoms with E-state index in [2.05, 4.69) is 6.58 Å². The summed E-state index contributed by atoms with van der Waals surface area (Å²) in [5.41, 5.74) is 3.56. The lowest BCUT2D eigenvalue weighted by molar-refractivity contribution is -0.150. The summed E-state index contributed by atoms with van der Waals surface area (Å²) in [6.45, 7) is 3.50. The lowest BCUT2D eigenvalue weighted by Gasteiger charge is -2.35. The molecule has 0 aromatic heterocycles. The topological polar surface area (TPSA) is 89.6 Å². The molecule has 5 nitrogen and oxygen atoms in total. The van der Waals surface area contributed by atoms with Crippen LogP contribution in [0.15, 0.2) is 24.4 Å². The van der Waals surface area contributed by atoms with E-state index in [-0.39, 0.29) is 18.6 Å². The molecule has 1 aliphatic heterocycles. The van der Waals surface area contributed by atoms with E-state index in [0.717, 1.165) is 6.20 Å². The summed E-state index contributed by atoms with van der Waals surface area (Å²) < 4.78 is 4.72. The summed E-state index contributed by atoms with van der Waals surface area (Å²) in [6, 6.07) is 0. The zero-order valence-electron chi connectivity index (χ0n) is 8.18. The van der Waals surface area contributed by atoms with Gasteiger partial charge in [0.25, 0.3) is 0 Å². The third kappa shape index (κ3) is 1.78. The predicted molar refractivity (Wildman–Crippen MR) is 52.5 cm³/mol. The number of cyclic esters (lactones) is 1. The molecule has 5 heteroatoms. The molecule has 0 bridgehead atoms. The molecule has 82 valence electrons. The second kappa shape index (κ2) is 4.27. The van der Waals surface area contributed by atoms with E-state index in [0.29, 0.717) is 6.29 Å². The minimum absolute atomic E-state index is 0.0604. The molecular formula is C10H13NO4. The largest absolute Gasteiger partial charge is 0.462 e. The van der Waals surface area contributed by atoms with Crippen LogP contribution in [0.5, 0.6) is 0 Å². The molecule has 0 radical (unpaired) electrons. The molecule has 0 spiro atoms. The first-order valence-electron chi connectivity index (χ1n) is 4.50. The second-order valence-electron chi connectivity index (χ2n) is 3.29. The number of nitrogens with two attached hydrogens (primary N) is 1. The SMILES string of the molecule is C=CC(C=O)C1(O)CCOC(=O)/C1=C/N. The molecule has 1 aliphatic rings. The van der Waals surface area contributed by atoms with E-state index in [1.54, 1.807) is 0 Å². The maximum Gasteiger partial charge on any atom is 0.338 e. The van der Waals surface area contributed by atoms with E-state index in [1.807, 2.05) is 0 Å². The van der Waals surface area contributed by atoms with Crippen LogP contribution in [0.25, 0.3) is 0 Å². The summed E-state index contributed by atoms with van der Waals surface area (Å²) in [4.78, 5) is 22.1. The molecule has 3 N–H and O–H groups in total. The van der Waals surface area contributed by atoms with Gasteiger partial charge in [0, 0.05) is 12.6 Å². The highest BCUT2D eigenvalue weighted by Crippen LogP contribution is 2.33. The van der Waals surface area contributed by atoms with Crippen molar-refractivity contribution < 1.29 is 19.4 Å². The Morgan fingerprint density at radius 3 is 2.80 bits per heavy atom. The Hall–Kier alpha value is -1.62. The lowest BCUT2D eigenvalue weighted by atomic mass is 9.78. The van der Waals surface area contributed by atoms with E-state index < -0.39 is 17.5 Å². The van der Waals surface area contributed by atoms with E-state index >= 15 is 0 Å². The first-order valence-corrected chi connectivity index (χ1v) is 4.50. The fraction of sp³-hybridized carbons (Fsp3) is 0.400. The zero-order valence-corrected chi connectivity index (χ0v) is 8.18. The van der Waals surface area contributed by atoms with Gasteiger partial charge in [0.1, 0.15) is 11.9 Å². The number of hydrogen-bond donors (Lipinski definition) is 2. The molecule has 0 saturated carbocycles. The van der Waals surface area contributed by atoms with Crippen LogP contribution in [-0.2, 0) is 14.3 Å². The van der Waals surface area contributed by atoms with E-state index in [1.165, 1.54) is 6.08 Å². The minimum atomic E-state index is -1.59. The summed E-state index contributed by atoms with van der Waals surface area (Å²) in [7, 11) is 0. The molecule has 2 atom stereocenters. The third-order valence-electron chi connectivity index (χ3n) is 2.52. The summed E-state index contributed by atoms with van der Waals surface area (Å²) in [6.07, 6.45) is 2.93. The molecule has 1 heterocycles. The van der Waals surface area contributed by atoms with Crippen LogP contribution in [0.1, 0.15) is 6.42 Å². The molecule has 15 heavy (non-hydrogen) atoms. The van der Waals surface area contributed by atoms with Crippen molar-refractivity contribution in [1.29, 1.82) is 0 Å². The number of ether oxygens (including phenoxy) is 1. The molecule has 1 saturated heterocycles. The number of carbonyl (C=O) groups is 2. The number of rotatable bonds is 3. The van der Waals surface area contributed by atoms with Crippen LogP contribution in [0.2, 0.25) is 0 Å². The Morgan fingerprint density at radius 1 is 1.67 bits per heavy atom. The van der Waals surface area contributed by atoms with Gasteiger partial charge in [-0.15, -0.1) is 6.58 Å². The first kappa shape index (κ1) is 11.5. The van der Waals surface area contributed by atoms with Gasteiger partial charge in [-0.25, -0.2) is 4.79 Å². The Bertz CT molecular complexity index is 315. The molecule has 1 fully saturated rings. The molecule has 0 amide bonds. The highest BCUT2D eigenvalue weighted by atomic mass is 16.5. The van der Waals surface area contributed by atoms with Crippen molar-refractivity contribution in [3.8, 4) is 0 Å². The molecule has 1 rings (SSSR count). The second-order valence-corrected chi connectivity index (χ2v) is 3.29. The molecule has 0 aromatic rings. The van der Waals surface area contributed by atoms with Crippen molar-refractivity contribution in [2.75, 3.05) is 6.61 Å². The normalized spacial score (nSPS) is 30.7. The van der Waals surface area contributed by atoms with Crippen molar-refractivity contribution in [3.05, 3.63) is 24.4 Å². The Labute approximate surface area is 87.2 Å². The van der Waals surface area contributed by atoms with Gasteiger partial charge in [0.2, 0.25) is 0 Å². The third-order valence-corrected chi connectivity index (χ3v) is 2.52. The Morgan fingerprint density at radius 2 is 2.33 bits per heavy atom. The van der Waals surface area contributed by atoms with Crippen LogP contribution in [-0.4, -0.2) is 29.6 Å². The van der Waals surface area contributed by atoms with Crippen molar-refractivity contribution in [2.45, 2.75) is 12.0 Å². The number of aliphatic hydroxyl groups is 1. The van der Waals surface area contributed by atoms with Crippen LogP contribution < -0.4 is 5.73 Å². The molecule has 0 aliphatic carbocycles. The van der Waals surface area contributed by atoms with Gasteiger partial charge >= 0.3 is 5.97 Å². The first-order chi connectivity index (χ1) is 7.10. The van der Waals surface area contributed by atoms with E-state index in [9.17, 15) is 14.7 Å². The maximum absolute atomic E-state index is 11.3. The van der Waals surface area contributed by atoms with Crippen molar-refractivity contribution in [2.24, 2.45) is 11.7 Å². The summed E-state index contributed by atoms with van der Waals surface area (Å²) in [5, 5.41) is 10.2. The average Bonchev–Trinajstić information content (AvgIpc) is 2.19. The van der Waals surface area contributed by atoms with Gasteiger partial charge in [-0.2, -0.15) is 0 Å².